The van der Waals surface area contributed by atoms with Crippen molar-refractivity contribution in [2.45, 2.75) is 32.4 Å². The van der Waals surface area contributed by atoms with E-state index in [1.54, 1.807) is 26.0 Å². The molecule has 0 saturated heterocycles. The molecule has 6 heteroatoms. The minimum atomic E-state index is -1.12. The summed E-state index contributed by atoms with van der Waals surface area (Å²) in [6.07, 6.45) is 0.131. The second-order valence-electron chi connectivity index (χ2n) is 5.04. The second-order valence-corrected chi connectivity index (χ2v) is 5.04. The summed E-state index contributed by atoms with van der Waals surface area (Å²) in [4.78, 5) is 23.0. The smallest absolute Gasteiger partial charge is 0.326 e. The zero-order chi connectivity index (χ0) is 15.3. The van der Waals surface area contributed by atoms with E-state index in [9.17, 15) is 14.7 Å². The summed E-state index contributed by atoms with van der Waals surface area (Å²) in [5, 5.41) is 20.8. The van der Waals surface area contributed by atoms with Crippen LogP contribution in [-0.4, -0.2) is 34.2 Å². The lowest BCUT2D eigenvalue weighted by Crippen LogP contribution is -2.51. The predicted octanol–water partition coefficient (Wildman–Crippen LogP) is 0.487. The Morgan fingerprint density at radius 2 is 1.80 bits per heavy atom. The van der Waals surface area contributed by atoms with Gasteiger partial charge in [0.1, 0.15) is 11.8 Å². The number of carbonyl (C=O) groups excluding carboxylic acids is 1. The number of hydrogen-bond donors (Lipinski definition) is 4. The average molecular weight is 280 g/mol. The van der Waals surface area contributed by atoms with E-state index in [2.05, 4.69) is 5.32 Å². The van der Waals surface area contributed by atoms with Gasteiger partial charge in [-0.25, -0.2) is 4.79 Å². The van der Waals surface area contributed by atoms with Gasteiger partial charge in [0.15, 0.2) is 0 Å². The summed E-state index contributed by atoms with van der Waals surface area (Å²) < 4.78 is 0. The summed E-state index contributed by atoms with van der Waals surface area (Å²) in [6.45, 7) is 3.58. The van der Waals surface area contributed by atoms with Crippen molar-refractivity contribution in [3.05, 3.63) is 29.8 Å². The normalized spacial score (nSPS) is 13.8. The first-order chi connectivity index (χ1) is 9.31. The minimum Gasteiger partial charge on any atom is -0.508 e. The molecule has 0 fully saturated rings. The Bertz CT molecular complexity index is 471. The van der Waals surface area contributed by atoms with Crippen molar-refractivity contribution < 1.29 is 19.8 Å². The summed E-state index contributed by atoms with van der Waals surface area (Å²) in [7, 11) is 0. The van der Waals surface area contributed by atoms with Crippen LogP contribution in [0.5, 0.6) is 5.75 Å². The molecule has 1 rings (SSSR count). The average Bonchev–Trinajstić information content (AvgIpc) is 2.39. The van der Waals surface area contributed by atoms with Gasteiger partial charge in [-0.3, -0.25) is 4.79 Å². The number of aromatic hydroxyl groups is 1. The summed E-state index contributed by atoms with van der Waals surface area (Å²) >= 11 is 0. The van der Waals surface area contributed by atoms with Gasteiger partial charge in [0.2, 0.25) is 5.91 Å². The van der Waals surface area contributed by atoms with Gasteiger partial charge in [-0.05, 0) is 23.6 Å². The molecule has 20 heavy (non-hydrogen) atoms. The quantitative estimate of drug-likeness (QED) is 0.605. The Balaban J connectivity index is 2.72. The zero-order valence-electron chi connectivity index (χ0n) is 11.5. The molecule has 5 N–H and O–H groups in total. The molecule has 6 nitrogen and oxygen atoms in total. The van der Waals surface area contributed by atoms with Crippen molar-refractivity contribution in [1.29, 1.82) is 0 Å². The molecule has 1 amide bonds. The Morgan fingerprint density at radius 3 is 2.25 bits per heavy atom. The molecule has 110 valence electrons. The van der Waals surface area contributed by atoms with Crippen LogP contribution in [0.4, 0.5) is 0 Å². The third-order valence-electron chi connectivity index (χ3n) is 3.01. The molecule has 1 aromatic rings. The first kappa shape index (κ1) is 16.0. The van der Waals surface area contributed by atoms with E-state index in [1.807, 2.05) is 0 Å². The van der Waals surface area contributed by atoms with Crippen molar-refractivity contribution in [2.24, 2.45) is 11.7 Å². The third kappa shape index (κ3) is 4.55. The number of rotatable bonds is 6. The third-order valence-corrected chi connectivity index (χ3v) is 3.01. The van der Waals surface area contributed by atoms with Crippen molar-refractivity contribution >= 4 is 11.9 Å². The highest BCUT2D eigenvalue weighted by atomic mass is 16.4. The van der Waals surface area contributed by atoms with Gasteiger partial charge in [-0.15, -0.1) is 0 Å². The maximum Gasteiger partial charge on any atom is 0.326 e. The van der Waals surface area contributed by atoms with Crippen LogP contribution in [0.3, 0.4) is 0 Å². The van der Waals surface area contributed by atoms with E-state index in [-0.39, 0.29) is 18.1 Å². The number of amides is 1. The van der Waals surface area contributed by atoms with E-state index in [0.29, 0.717) is 5.56 Å². The van der Waals surface area contributed by atoms with E-state index >= 15 is 0 Å². The molecular formula is C14H20N2O4. The van der Waals surface area contributed by atoms with Crippen molar-refractivity contribution in [2.75, 3.05) is 0 Å². The van der Waals surface area contributed by atoms with E-state index in [4.69, 9.17) is 10.8 Å². The van der Waals surface area contributed by atoms with Crippen LogP contribution >= 0.6 is 0 Å². The van der Waals surface area contributed by atoms with Gasteiger partial charge in [0.05, 0.1) is 6.04 Å². The van der Waals surface area contributed by atoms with Gasteiger partial charge in [0, 0.05) is 6.42 Å². The maximum absolute atomic E-state index is 11.8. The lowest BCUT2D eigenvalue weighted by Gasteiger charge is -2.19. The summed E-state index contributed by atoms with van der Waals surface area (Å²) in [5.41, 5.74) is 6.39. The van der Waals surface area contributed by atoms with Crippen LogP contribution in [0.2, 0.25) is 0 Å². The number of aliphatic carboxylic acids is 1. The summed E-state index contributed by atoms with van der Waals surface area (Å²) in [6, 6.07) is 4.37. The fraction of sp³-hybridized carbons (Fsp3) is 0.429. The first-order valence-electron chi connectivity index (χ1n) is 6.38. The Hall–Kier alpha value is -2.08. The fourth-order valence-electron chi connectivity index (χ4n) is 1.64. The molecule has 0 bridgehead atoms. The molecule has 0 aliphatic carbocycles. The molecule has 0 aliphatic rings. The highest BCUT2D eigenvalue weighted by Crippen LogP contribution is 2.11. The number of phenolic OH excluding ortho intramolecular Hbond substituents is 1. The predicted molar refractivity (Wildman–Crippen MR) is 74.2 cm³/mol. The van der Waals surface area contributed by atoms with Crippen molar-refractivity contribution in [3.63, 3.8) is 0 Å². The lowest BCUT2D eigenvalue weighted by molar-refractivity contribution is -0.142. The Kier molecular flexibility index (Phi) is 5.52. The van der Waals surface area contributed by atoms with Crippen LogP contribution in [0.1, 0.15) is 19.4 Å². The molecule has 1 aromatic carbocycles. The summed E-state index contributed by atoms with van der Waals surface area (Å²) in [5.74, 6) is -1.57. The minimum absolute atomic E-state index is 0.0712. The van der Waals surface area contributed by atoms with Crippen LogP contribution in [-0.2, 0) is 16.0 Å². The number of carboxylic acids is 1. The number of carboxylic acid groups (broad SMARTS) is 1. The van der Waals surface area contributed by atoms with Crippen molar-refractivity contribution in [3.8, 4) is 5.75 Å². The highest BCUT2D eigenvalue weighted by Gasteiger charge is 2.24. The molecule has 1 unspecified atom stereocenters. The monoisotopic (exact) mass is 280 g/mol. The van der Waals surface area contributed by atoms with Gasteiger partial charge >= 0.3 is 5.97 Å². The number of nitrogens with two attached hydrogens (primary N) is 1. The number of carbonyl (C=O) groups is 2. The first-order valence-corrected chi connectivity index (χ1v) is 6.38. The second kappa shape index (κ2) is 6.91. The van der Waals surface area contributed by atoms with Crippen LogP contribution in [0.15, 0.2) is 24.3 Å². The van der Waals surface area contributed by atoms with Gasteiger partial charge < -0.3 is 21.3 Å². The van der Waals surface area contributed by atoms with E-state index < -0.39 is 24.0 Å². The van der Waals surface area contributed by atoms with Crippen LogP contribution < -0.4 is 11.1 Å². The van der Waals surface area contributed by atoms with E-state index in [0.717, 1.165) is 0 Å². The zero-order valence-corrected chi connectivity index (χ0v) is 11.5. The van der Waals surface area contributed by atoms with Gasteiger partial charge in [-0.1, -0.05) is 26.0 Å². The molecule has 0 radical (unpaired) electrons. The molecule has 0 heterocycles. The largest absolute Gasteiger partial charge is 0.508 e. The molecular weight excluding hydrogens is 260 g/mol. The maximum atomic E-state index is 11.8. The lowest BCUT2D eigenvalue weighted by atomic mass is 10.0. The molecule has 2 atom stereocenters. The molecule has 0 aromatic heterocycles. The van der Waals surface area contributed by atoms with Gasteiger partial charge in [0.25, 0.3) is 0 Å². The van der Waals surface area contributed by atoms with E-state index in [1.165, 1.54) is 12.1 Å². The van der Waals surface area contributed by atoms with Crippen LogP contribution in [0.25, 0.3) is 0 Å². The van der Waals surface area contributed by atoms with Crippen molar-refractivity contribution in [1.82, 2.24) is 5.32 Å². The SMILES string of the molecule is CC(C)[C@@H](N)C(=O)NC(Cc1ccc(O)cc1)C(=O)O. The van der Waals surface area contributed by atoms with Crippen LogP contribution in [0, 0.1) is 5.92 Å². The Labute approximate surface area is 117 Å². The standard InChI is InChI=1S/C14H20N2O4/c1-8(2)12(15)13(18)16-11(14(19)20)7-9-3-5-10(17)6-4-9/h3-6,8,11-12,17H,7,15H2,1-2H3,(H,16,18)(H,19,20)/t11?,12-/m1/s1. The number of benzene rings is 1. The topological polar surface area (TPSA) is 113 Å². The molecule has 0 spiro atoms. The number of hydrogen-bond acceptors (Lipinski definition) is 4. The Morgan fingerprint density at radius 1 is 1.25 bits per heavy atom. The number of phenols is 1. The van der Waals surface area contributed by atoms with Gasteiger partial charge in [-0.2, -0.15) is 0 Å². The number of nitrogens with one attached hydrogen (secondary N) is 1. The fourth-order valence-corrected chi connectivity index (χ4v) is 1.64. The molecule has 0 aliphatic heterocycles. The molecule has 0 saturated carbocycles. The highest BCUT2D eigenvalue weighted by molar-refractivity contribution is 5.87.